The predicted molar refractivity (Wildman–Crippen MR) is 125 cm³/mol. The molecular weight excluding hydrogens is 443 g/mol. The SMILES string of the molecule is Cc1ccc(Cl)cc1NC(=O)COc1ccc(CNc2cccc(Cl)c2C)cc1Cl. The van der Waals surface area contributed by atoms with Gasteiger partial charge in [-0.05, 0) is 66.9 Å². The third-order valence-electron chi connectivity index (χ3n) is 4.58. The number of hydrogen-bond donors (Lipinski definition) is 2. The second-order valence-electron chi connectivity index (χ2n) is 6.83. The zero-order valence-electron chi connectivity index (χ0n) is 16.6. The van der Waals surface area contributed by atoms with Gasteiger partial charge in [-0.1, -0.05) is 53.0 Å². The van der Waals surface area contributed by atoms with E-state index in [2.05, 4.69) is 10.6 Å². The van der Waals surface area contributed by atoms with Crippen LogP contribution in [0.1, 0.15) is 16.7 Å². The van der Waals surface area contributed by atoms with Crippen molar-refractivity contribution >= 4 is 52.1 Å². The Morgan fingerprint density at radius 3 is 2.50 bits per heavy atom. The van der Waals surface area contributed by atoms with E-state index in [9.17, 15) is 4.79 Å². The molecule has 0 bridgehead atoms. The number of benzene rings is 3. The highest BCUT2D eigenvalue weighted by Crippen LogP contribution is 2.27. The van der Waals surface area contributed by atoms with Crippen LogP contribution in [0.3, 0.4) is 0 Å². The Hall–Kier alpha value is -2.40. The fourth-order valence-electron chi connectivity index (χ4n) is 2.83. The summed E-state index contributed by atoms with van der Waals surface area (Å²) in [4.78, 5) is 12.2. The van der Waals surface area contributed by atoms with E-state index in [4.69, 9.17) is 39.5 Å². The van der Waals surface area contributed by atoms with Crippen molar-refractivity contribution in [2.24, 2.45) is 0 Å². The van der Waals surface area contributed by atoms with Crippen LogP contribution in [-0.4, -0.2) is 12.5 Å². The van der Waals surface area contributed by atoms with Crippen molar-refractivity contribution in [1.82, 2.24) is 0 Å². The Kier molecular flexibility index (Phi) is 7.48. The van der Waals surface area contributed by atoms with Gasteiger partial charge in [0.15, 0.2) is 6.61 Å². The van der Waals surface area contributed by atoms with Gasteiger partial charge in [0.1, 0.15) is 5.75 Å². The summed E-state index contributed by atoms with van der Waals surface area (Å²) in [5.74, 6) is 0.149. The van der Waals surface area contributed by atoms with E-state index in [1.165, 1.54) is 0 Å². The molecule has 0 atom stereocenters. The van der Waals surface area contributed by atoms with E-state index in [1.807, 2.05) is 50.2 Å². The van der Waals surface area contributed by atoms with Crippen molar-refractivity contribution in [3.8, 4) is 5.75 Å². The molecular formula is C23H21Cl3N2O2. The van der Waals surface area contributed by atoms with Gasteiger partial charge in [-0.3, -0.25) is 4.79 Å². The predicted octanol–water partition coefficient (Wildman–Crippen LogP) is 6.89. The van der Waals surface area contributed by atoms with Crippen LogP contribution in [0.5, 0.6) is 5.75 Å². The fourth-order valence-corrected chi connectivity index (χ4v) is 3.43. The minimum atomic E-state index is -0.293. The number of rotatable bonds is 7. The summed E-state index contributed by atoms with van der Waals surface area (Å²) in [5.41, 5.74) is 4.50. The standard InChI is InChI=1S/C23H21Cl3N2O2/c1-14-6-8-17(24)11-21(14)28-23(29)13-30-22-9-7-16(10-19(22)26)12-27-20-5-3-4-18(25)15(20)2/h3-11,27H,12-13H2,1-2H3,(H,28,29). The number of hydrogen-bond acceptors (Lipinski definition) is 3. The van der Waals surface area contributed by atoms with Crippen molar-refractivity contribution in [3.05, 3.63) is 86.4 Å². The Morgan fingerprint density at radius 2 is 1.73 bits per heavy atom. The maximum absolute atomic E-state index is 12.2. The average Bonchev–Trinajstić information content (AvgIpc) is 2.71. The van der Waals surface area contributed by atoms with Crippen LogP contribution in [0.15, 0.2) is 54.6 Å². The van der Waals surface area contributed by atoms with Gasteiger partial charge in [0, 0.05) is 28.0 Å². The van der Waals surface area contributed by atoms with E-state index >= 15 is 0 Å². The molecule has 0 aromatic heterocycles. The van der Waals surface area contributed by atoms with Gasteiger partial charge in [0.05, 0.1) is 5.02 Å². The summed E-state index contributed by atoms with van der Waals surface area (Å²) >= 11 is 18.5. The fraction of sp³-hybridized carbons (Fsp3) is 0.174. The molecule has 7 heteroatoms. The van der Waals surface area contributed by atoms with E-state index < -0.39 is 0 Å². The lowest BCUT2D eigenvalue weighted by Crippen LogP contribution is -2.20. The summed E-state index contributed by atoms with van der Waals surface area (Å²) < 4.78 is 5.58. The highest BCUT2D eigenvalue weighted by atomic mass is 35.5. The van der Waals surface area contributed by atoms with E-state index in [0.29, 0.717) is 33.0 Å². The summed E-state index contributed by atoms with van der Waals surface area (Å²) in [6, 6.07) is 16.5. The molecule has 0 unspecified atom stereocenters. The maximum Gasteiger partial charge on any atom is 0.262 e. The molecule has 3 rings (SSSR count). The minimum absolute atomic E-state index is 0.162. The van der Waals surface area contributed by atoms with Crippen LogP contribution in [0.4, 0.5) is 11.4 Å². The number of halogens is 3. The highest BCUT2D eigenvalue weighted by molar-refractivity contribution is 6.32. The summed E-state index contributed by atoms with van der Waals surface area (Å²) in [6.45, 7) is 4.27. The first kappa shape index (κ1) is 22.3. The van der Waals surface area contributed by atoms with Gasteiger partial charge < -0.3 is 15.4 Å². The van der Waals surface area contributed by atoms with Gasteiger partial charge in [0.25, 0.3) is 5.91 Å². The molecule has 0 aliphatic heterocycles. The maximum atomic E-state index is 12.2. The number of anilines is 2. The number of carbonyl (C=O) groups excluding carboxylic acids is 1. The molecule has 2 N–H and O–H groups in total. The highest BCUT2D eigenvalue weighted by Gasteiger charge is 2.09. The van der Waals surface area contributed by atoms with Gasteiger partial charge >= 0.3 is 0 Å². The van der Waals surface area contributed by atoms with Crippen LogP contribution in [0.25, 0.3) is 0 Å². The average molecular weight is 464 g/mol. The van der Waals surface area contributed by atoms with Crippen molar-refractivity contribution in [1.29, 1.82) is 0 Å². The topological polar surface area (TPSA) is 50.4 Å². The third-order valence-corrected chi connectivity index (χ3v) is 5.52. The molecule has 0 saturated carbocycles. The molecule has 156 valence electrons. The lowest BCUT2D eigenvalue weighted by Gasteiger charge is -2.13. The first-order valence-electron chi connectivity index (χ1n) is 9.29. The Balaban J connectivity index is 1.56. The molecule has 0 heterocycles. The number of nitrogens with one attached hydrogen (secondary N) is 2. The molecule has 0 radical (unpaired) electrons. The minimum Gasteiger partial charge on any atom is -0.482 e. The van der Waals surface area contributed by atoms with E-state index in [-0.39, 0.29) is 12.5 Å². The Labute approximate surface area is 191 Å². The molecule has 0 aliphatic carbocycles. The molecule has 4 nitrogen and oxygen atoms in total. The van der Waals surface area contributed by atoms with Gasteiger partial charge in [-0.2, -0.15) is 0 Å². The normalized spacial score (nSPS) is 10.6. The van der Waals surface area contributed by atoms with Crippen LogP contribution in [0, 0.1) is 13.8 Å². The molecule has 30 heavy (non-hydrogen) atoms. The van der Waals surface area contributed by atoms with E-state index in [1.54, 1.807) is 18.2 Å². The molecule has 0 spiro atoms. The summed E-state index contributed by atoms with van der Waals surface area (Å²) in [6.07, 6.45) is 0. The first-order chi connectivity index (χ1) is 14.3. The second-order valence-corrected chi connectivity index (χ2v) is 8.08. The van der Waals surface area contributed by atoms with Crippen LogP contribution < -0.4 is 15.4 Å². The van der Waals surface area contributed by atoms with Crippen molar-refractivity contribution in [2.45, 2.75) is 20.4 Å². The quantitative estimate of drug-likeness (QED) is 0.401. The third kappa shape index (κ3) is 5.82. The van der Waals surface area contributed by atoms with Crippen LogP contribution in [0.2, 0.25) is 15.1 Å². The second kappa shape index (κ2) is 10.1. The number of aryl methyl sites for hydroxylation is 1. The van der Waals surface area contributed by atoms with Gasteiger partial charge in [-0.15, -0.1) is 0 Å². The van der Waals surface area contributed by atoms with Crippen molar-refractivity contribution in [2.75, 3.05) is 17.2 Å². The lowest BCUT2D eigenvalue weighted by molar-refractivity contribution is -0.118. The summed E-state index contributed by atoms with van der Waals surface area (Å²) in [7, 11) is 0. The first-order valence-corrected chi connectivity index (χ1v) is 10.4. The molecule has 1 amide bonds. The monoisotopic (exact) mass is 462 g/mol. The smallest absolute Gasteiger partial charge is 0.262 e. The molecule has 0 aliphatic rings. The molecule has 3 aromatic carbocycles. The number of ether oxygens (including phenoxy) is 1. The van der Waals surface area contributed by atoms with Crippen molar-refractivity contribution in [3.63, 3.8) is 0 Å². The van der Waals surface area contributed by atoms with Crippen molar-refractivity contribution < 1.29 is 9.53 Å². The lowest BCUT2D eigenvalue weighted by atomic mass is 10.1. The zero-order valence-corrected chi connectivity index (χ0v) is 18.8. The van der Waals surface area contributed by atoms with Gasteiger partial charge in [-0.25, -0.2) is 0 Å². The van der Waals surface area contributed by atoms with Crippen LogP contribution in [-0.2, 0) is 11.3 Å². The number of carbonyl (C=O) groups is 1. The summed E-state index contributed by atoms with van der Waals surface area (Å²) in [5, 5.41) is 7.84. The van der Waals surface area contributed by atoms with Crippen LogP contribution >= 0.6 is 34.8 Å². The molecule has 3 aromatic rings. The largest absolute Gasteiger partial charge is 0.482 e. The number of amides is 1. The van der Waals surface area contributed by atoms with Gasteiger partial charge in [0.2, 0.25) is 0 Å². The zero-order chi connectivity index (χ0) is 21.7. The molecule has 0 saturated heterocycles. The Bertz CT molecular complexity index is 1070. The van der Waals surface area contributed by atoms with E-state index in [0.717, 1.165) is 22.4 Å². The Morgan fingerprint density at radius 1 is 0.933 bits per heavy atom. The molecule has 0 fully saturated rings.